The molecule has 1 saturated carbocycles. The molecule has 1 saturated heterocycles. The molecular weight excluding hydrogens is 260 g/mol. The SMILES string of the molecule is CCc1cn(C2CCCCC2)c(N2CCC(C(C)N)C2)n1. The number of hydrogen-bond acceptors (Lipinski definition) is 3. The van der Waals surface area contributed by atoms with Gasteiger partial charge in [-0.05, 0) is 38.5 Å². The molecule has 2 fully saturated rings. The highest BCUT2D eigenvalue weighted by Crippen LogP contribution is 2.34. The average molecular weight is 290 g/mol. The molecule has 4 heteroatoms. The van der Waals surface area contributed by atoms with Crippen molar-refractivity contribution in [3.05, 3.63) is 11.9 Å². The maximum atomic E-state index is 6.10. The van der Waals surface area contributed by atoms with Crippen LogP contribution in [-0.2, 0) is 6.42 Å². The molecule has 2 atom stereocenters. The lowest BCUT2D eigenvalue weighted by molar-refractivity contribution is 0.353. The van der Waals surface area contributed by atoms with Gasteiger partial charge in [-0.25, -0.2) is 4.98 Å². The molecule has 118 valence electrons. The fourth-order valence-corrected chi connectivity index (χ4v) is 3.86. The molecule has 0 spiro atoms. The van der Waals surface area contributed by atoms with E-state index in [9.17, 15) is 0 Å². The minimum atomic E-state index is 0.290. The fourth-order valence-electron chi connectivity index (χ4n) is 3.86. The van der Waals surface area contributed by atoms with Crippen LogP contribution < -0.4 is 10.6 Å². The highest BCUT2D eigenvalue weighted by atomic mass is 15.3. The van der Waals surface area contributed by atoms with Crippen LogP contribution in [-0.4, -0.2) is 28.7 Å². The maximum absolute atomic E-state index is 6.10. The van der Waals surface area contributed by atoms with Crippen LogP contribution in [0.2, 0.25) is 0 Å². The van der Waals surface area contributed by atoms with Gasteiger partial charge < -0.3 is 15.2 Å². The van der Waals surface area contributed by atoms with Gasteiger partial charge in [0.05, 0.1) is 5.69 Å². The van der Waals surface area contributed by atoms with Gasteiger partial charge in [-0.15, -0.1) is 0 Å². The number of anilines is 1. The highest BCUT2D eigenvalue weighted by molar-refractivity contribution is 5.36. The van der Waals surface area contributed by atoms with Crippen LogP contribution in [0, 0.1) is 5.92 Å². The third-order valence-electron chi connectivity index (χ3n) is 5.34. The van der Waals surface area contributed by atoms with E-state index in [0.29, 0.717) is 18.0 Å². The van der Waals surface area contributed by atoms with E-state index in [1.54, 1.807) is 0 Å². The number of aryl methyl sites for hydroxylation is 1. The van der Waals surface area contributed by atoms with Crippen molar-refractivity contribution in [1.29, 1.82) is 0 Å². The maximum Gasteiger partial charge on any atom is 0.205 e. The summed E-state index contributed by atoms with van der Waals surface area (Å²) in [5, 5.41) is 0. The first-order valence-corrected chi connectivity index (χ1v) is 8.77. The van der Waals surface area contributed by atoms with Gasteiger partial charge in [0.2, 0.25) is 5.95 Å². The molecule has 1 aromatic heterocycles. The van der Waals surface area contributed by atoms with Gasteiger partial charge in [-0.2, -0.15) is 0 Å². The first kappa shape index (κ1) is 14.9. The van der Waals surface area contributed by atoms with Crippen molar-refractivity contribution in [2.45, 2.75) is 70.9 Å². The minimum Gasteiger partial charge on any atom is -0.342 e. The molecule has 21 heavy (non-hydrogen) atoms. The summed E-state index contributed by atoms with van der Waals surface area (Å²) in [5.74, 6) is 1.83. The lowest BCUT2D eigenvalue weighted by Gasteiger charge is -2.28. The lowest BCUT2D eigenvalue weighted by atomic mass is 9.95. The third-order valence-corrected chi connectivity index (χ3v) is 5.34. The van der Waals surface area contributed by atoms with Crippen LogP contribution in [0.1, 0.15) is 64.1 Å². The second-order valence-corrected chi connectivity index (χ2v) is 6.94. The molecule has 0 aromatic carbocycles. The Kier molecular flexibility index (Phi) is 4.53. The van der Waals surface area contributed by atoms with Gasteiger partial charge >= 0.3 is 0 Å². The van der Waals surface area contributed by atoms with Gasteiger partial charge in [-0.1, -0.05) is 26.2 Å². The third kappa shape index (κ3) is 3.10. The van der Waals surface area contributed by atoms with Crippen molar-refractivity contribution in [2.75, 3.05) is 18.0 Å². The molecule has 2 heterocycles. The molecule has 1 aromatic rings. The van der Waals surface area contributed by atoms with Gasteiger partial charge in [0.15, 0.2) is 0 Å². The molecule has 4 nitrogen and oxygen atoms in total. The number of aromatic nitrogens is 2. The fraction of sp³-hybridized carbons (Fsp3) is 0.824. The highest BCUT2D eigenvalue weighted by Gasteiger charge is 2.29. The standard InChI is InChI=1S/C17H30N4/c1-3-15-12-21(16-7-5-4-6-8-16)17(19-15)20-10-9-14(11-20)13(2)18/h12-14,16H,3-11,18H2,1-2H3. The Morgan fingerprint density at radius 3 is 2.67 bits per heavy atom. The smallest absolute Gasteiger partial charge is 0.205 e. The van der Waals surface area contributed by atoms with Crippen molar-refractivity contribution in [3.63, 3.8) is 0 Å². The normalized spacial score (nSPS) is 25.5. The van der Waals surface area contributed by atoms with Gasteiger partial charge in [0.25, 0.3) is 0 Å². The average Bonchev–Trinajstić information content (AvgIpc) is 3.14. The Balaban J connectivity index is 1.82. The van der Waals surface area contributed by atoms with Crippen LogP contribution in [0.4, 0.5) is 5.95 Å². The Morgan fingerprint density at radius 1 is 1.29 bits per heavy atom. The Hall–Kier alpha value is -1.03. The second-order valence-electron chi connectivity index (χ2n) is 6.94. The van der Waals surface area contributed by atoms with E-state index in [0.717, 1.165) is 19.5 Å². The molecule has 3 rings (SSSR count). The zero-order valence-corrected chi connectivity index (χ0v) is 13.6. The number of nitrogens with two attached hydrogens (primary N) is 1. The van der Waals surface area contributed by atoms with Crippen LogP contribution in [0.5, 0.6) is 0 Å². The van der Waals surface area contributed by atoms with Crippen LogP contribution >= 0.6 is 0 Å². The summed E-state index contributed by atoms with van der Waals surface area (Å²) in [6.07, 6.45) is 11.3. The Bertz CT molecular complexity index is 459. The molecule has 0 radical (unpaired) electrons. The van der Waals surface area contributed by atoms with Crippen LogP contribution in [0.15, 0.2) is 6.20 Å². The zero-order valence-electron chi connectivity index (χ0n) is 13.6. The summed E-state index contributed by atoms with van der Waals surface area (Å²) in [6.45, 7) is 6.52. The molecule has 1 aliphatic heterocycles. The molecule has 0 amide bonds. The second kappa shape index (κ2) is 6.39. The number of imidazole rings is 1. The summed E-state index contributed by atoms with van der Waals surface area (Å²) in [6, 6.07) is 0.953. The van der Waals surface area contributed by atoms with E-state index < -0.39 is 0 Å². The molecular formula is C17H30N4. The molecule has 1 aliphatic carbocycles. The van der Waals surface area contributed by atoms with Crippen molar-refractivity contribution in [1.82, 2.24) is 9.55 Å². The van der Waals surface area contributed by atoms with Gasteiger partial charge in [-0.3, -0.25) is 0 Å². The summed E-state index contributed by atoms with van der Waals surface area (Å²) in [4.78, 5) is 7.40. The van der Waals surface area contributed by atoms with E-state index in [1.165, 1.54) is 50.2 Å². The topological polar surface area (TPSA) is 47.1 Å². The van der Waals surface area contributed by atoms with E-state index in [-0.39, 0.29) is 0 Å². The van der Waals surface area contributed by atoms with Crippen LogP contribution in [0.3, 0.4) is 0 Å². The minimum absolute atomic E-state index is 0.290. The quantitative estimate of drug-likeness (QED) is 0.926. The van der Waals surface area contributed by atoms with Crippen molar-refractivity contribution < 1.29 is 0 Å². The largest absolute Gasteiger partial charge is 0.342 e. The molecule has 2 N–H and O–H groups in total. The van der Waals surface area contributed by atoms with Crippen LogP contribution in [0.25, 0.3) is 0 Å². The number of hydrogen-bond donors (Lipinski definition) is 1. The van der Waals surface area contributed by atoms with E-state index in [2.05, 4.69) is 29.5 Å². The van der Waals surface area contributed by atoms with Gasteiger partial charge in [0.1, 0.15) is 0 Å². The van der Waals surface area contributed by atoms with Crippen molar-refractivity contribution in [3.8, 4) is 0 Å². The predicted molar refractivity (Wildman–Crippen MR) is 87.7 cm³/mol. The summed E-state index contributed by atoms with van der Waals surface area (Å²) < 4.78 is 2.49. The summed E-state index contributed by atoms with van der Waals surface area (Å²) in [5.41, 5.74) is 7.33. The van der Waals surface area contributed by atoms with Gasteiger partial charge in [0, 0.05) is 31.4 Å². The van der Waals surface area contributed by atoms with Crippen molar-refractivity contribution >= 4 is 5.95 Å². The number of rotatable bonds is 4. The van der Waals surface area contributed by atoms with Crippen molar-refractivity contribution in [2.24, 2.45) is 11.7 Å². The first-order chi connectivity index (χ1) is 10.2. The first-order valence-electron chi connectivity index (χ1n) is 8.77. The summed E-state index contributed by atoms with van der Waals surface area (Å²) in [7, 11) is 0. The predicted octanol–water partition coefficient (Wildman–Crippen LogP) is 3.12. The Labute approximate surface area is 128 Å². The molecule has 2 aliphatic rings. The molecule has 0 bridgehead atoms. The Morgan fingerprint density at radius 2 is 2.05 bits per heavy atom. The van der Waals surface area contributed by atoms with E-state index in [4.69, 9.17) is 10.7 Å². The van der Waals surface area contributed by atoms with E-state index >= 15 is 0 Å². The molecule has 2 unspecified atom stereocenters. The zero-order chi connectivity index (χ0) is 14.8. The monoisotopic (exact) mass is 290 g/mol. The van der Waals surface area contributed by atoms with E-state index in [1.807, 2.05) is 0 Å². The summed E-state index contributed by atoms with van der Waals surface area (Å²) >= 11 is 0. The number of nitrogens with zero attached hydrogens (tertiary/aromatic N) is 3. The lowest BCUT2D eigenvalue weighted by Crippen LogP contribution is -2.31.